The molecule has 0 aromatic rings. The van der Waals surface area contributed by atoms with E-state index in [1.165, 1.54) is 270 Å². The smallest absolute Gasteiger partial charge is 0.305 e. The number of carbonyl (C=O) groups excluding carboxylic acids is 2. The molecule has 6 N–H and O–H groups in total. The third-order valence-corrected chi connectivity index (χ3v) is 18.1. The summed E-state index contributed by atoms with van der Waals surface area (Å²) in [6, 6.07) is -0.834. The van der Waals surface area contributed by atoms with Gasteiger partial charge in [0.05, 0.1) is 32.0 Å². The maximum atomic E-state index is 13.1. The number of aliphatic hydroxyl groups is 5. The van der Waals surface area contributed by atoms with E-state index < -0.39 is 49.5 Å². The van der Waals surface area contributed by atoms with Crippen LogP contribution in [-0.2, 0) is 23.8 Å². The predicted molar refractivity (Wildman–Crippen MR) is 380 cm³/mol. The Morgan fingerprint density at radius 3 is 1.18 bits per heavy atom. The van der Waals surface area contributed by atoms with Crippen molar-refractivity contribution in [3.8, 4) is 0 Å². The molecule has 11 nitrogen and oxygen atoms in total. The first-order valence-corrected chi connectivity index (χ1v) is 38.6. The number of nitrogens with one attached hydrogen (secondary N) is 1. The van der Waals surface area contributed by atoms with Gasteiger partial charge in [-0.25, -0.2) is 0 Å². The molecule has 90 heavy (non-hydrogen) atoms. The van der Waals surface area contributed by atoms with Gasteiger partial charge in [-0.05, 0) is 89.9 Å². The van der Waals surface area contributed by atoms with Gasteiger partial charge in [-0.1, -0.05) is 325 Å². The highest BCUT2D eigenvalue weighted by Gasteiger charge is 2.44. The molecule has 1 amide bonds. The van der Waals surface area contributed by atoms with Crippen molar-refractivity contribution in [2.45, 2.75) is 410 Å². The quantitative estimate of drug-likeness (QED) is 0.0195. The minimum Gasteiger partial charge on any atom is -0.466 e. The van der Waals surface area contributed by atoms with Crippen LogP contribution in [-0.4, -0.2) is 100 Å². The highest BCUT2D eigenvalue weighted by Crippen LogP contribution is 2.23. The summed E-state index contributed by atoms with van der Waals surface area (Å²) in [5.74, 6) is -0.181. The topological polar surface area (TPSA) is 175 Å². The second-order valence-electron chi connectivity index (χ2n) is 26.7. The lowest BCUT2D eigenvalue weighted by Crippen LogP contribution is -2.60. The molecule has 0 radical (unpaired) electrons. The van der Waals surface area contributed by atoms with Crippen LogP contribution in [0.3, 0.4) is 0 Å². The average molecular weight is 1270 g/mol. The molecule has 1 heterocycles. The monoisotopic (exact) mass is 1270 g/mol. The van der Waals surface area contributed by atoms with Gasteiger partial charge >= 0.3 is 5.97 Å². The number of esters is 1. The molecule has 7 atom stereocenters. The molecule has 0 aromatic heterocycles. The molecule has 0 saturated carbocycles. The summed E-state index contributed by atoms with van der Waals surface area (Å²) in [5.41, 5.74) is 0. The Kier molecular flexibility index (Phi) is 64.3. The molecule has 7 unspecified atom stereocenters. The predicted octanol–water partition coefficient (Wildman–Crippen LogP) is 20.5. The maximum Gasteiger partial charge on any atom is 0.305 e. The zero-order chi connectivity index (χ0) is 65.1. The lowest BCUT2D eigenvalue weighted by Gasteiger charge is -2.40. The summed E-state index contributed by atoms with van der Waals surface area (Å²) < 4.78 is 16.7. The van der Waals surface area contributed by atoms with Gasteiger partial charge in [-0.3, -0.25) is 9.59 Å². The summed E-state index contributed by atoms with van der Waals surface area (Å²) in [6.07, 6.45) is 81.0. The lowest BCUT2D eigenvalue weighted by molar-refractivity contribution is -0.302. The molecule has 0 aliphatic carbocycles. The number of allylic oxidation sites excluding steroid dienone is 9. The van der Waals surface area contributed by atoms with Gasteiger partial charge in [0, 0.05) is 12.8 Å². The molecule has 0 aromatic carbocycles. The van der Waals surface area contributed by atoms with Crippen LogP contribution in [0, 0.1) is 0 Å². The second kappa shape index (κ2) is 67.8. The van der Waals surface area contributed by atoms with Crippen molar-refractivity contribution in [3.63, 3.8) is 0 Å². The van der Waals surface area contributed by atoms with Gasteiger partial charge in [0.2, 0.25) is 5.91 Å². The summed E-state index contributed by atoms with van der Waals surface area (Å²) >= 11 is 0. The molecular formula is C79H145NO10. The molecule has 1 aliphatic rings. The number of hydrogen-bond acceptors (Lipinski definition) is 10. The number of hydrogen-bond donors (Lipinski definition) is 6. The van der Waals surface area contributed by atoms with Crippen LogP contribution in [0.1, 0.15) is 367 Å². The molecule has 1 fully saturated rings. The second-order valence-corrected chi connectivity index (χ2v) is 26.7. The Labute approximate surface area is 554 Å². The third kappa shape index (κ3) is 55.8. The first-order chi connectivity index (χ1) is 44.2. The Morgan fingerprint density at radius 1 is 0.411 bits per heavy atom. The Balaban J connectivity index is 1.95. The lowest BCUT2D eigenvalue weighted by atomic mass is 9.99. The number of aliphatic hydroxyl groups excluding tert-OH is 5. The summed E-state index contributed by atoms with van der Waals surface area (Å²) in [4.78, 5) is 25.1. The van der Waals surface area contributed by atoms with Crippen molar-refractivity contribution in [2.24, 2.45) is 0 Å². The Morgan fingerprint density at radius 2 is 0.756 bits per heavy atom. The van der Waals surface area contributed by atoms with E-state index in [1.54, 1.807) is 6.08 Å². The van der Waals surface area contributed by atoms with Crippen LogP contribution in [0.5, 0.6) is 0 Å². The average Bonchev–Trinajstić information content (AvgIpc) is 1.17. The molecule has 1 saturated heterocycles. The molecule has 1 aliphatic heterocycles. The number of unbranched alkanes of at least 4 members (excludes halogenated alkanes) is 46. The highest BCUT2D eigenvalue weighted by atomic mass is 16.7. The number of ether oxygens (including phenoxy) is 3. The van der Waals surface area contributed by atoms with Crippen LogP contribution in [0.25, 0.3) is 0 Å². The molecular weight excluding hydrogens is 1120 g/mol. The van der Waals surface area contributed by atoms with E-state index in [2.05, 4.69) is 67.8 Å². The molecule has 1 rings (SSSR count). The zero-order valence-electron chi connectivity index (χ0n) is 58.6. The fraction of sp³-hybridized carbons (Fsp3) is 0.848. The molecule has 526 valence electrons. The summed E-state index contributed by atoms with van der Waals surface area (Å²) in [7, 11) is 0. The van der Waals surface area contributed by atoms with Crippen molar-refractivity contribution in [1.82, 2.24) is 5.32 Å². The van der Waals surface area contributed by atoms with E-state index in [0.29, 0.717) is 19.4 Å². The first kappa shape index (κ1) is 85.4. The fourth-order valence-electron chi connectivity index (χ4n) is 12.0. The number of carbonyl (C=O) groups is 2. The van der Waals surface area contributed by atoms with E-state index in [-0.39, 0.29) is 18.5 Å². The van der Waals surface area contributed by atoms with Gasteiger partial charge in [0.1, 0.15) is 24.4 Å². The van der Waals surface area contributed by atoms with E-state index in [4.69, 9.17) is 14.2 Å². The maximum absolute atomic E-state index is 13.1. The van der Waals surface area contributed by atoms with Gasteiger partial charge in [0.25, 0.3) is 0 Å². The van der Waals surface area contributed by atoms with Crippen molar-refractivity contribution < 1.29 is 49.3 Å². The minimum atomic E-state index is -1.58. The van der Waals surface area contributed by atoms with E-state index in [0.717, 1.165) is 70.6 Å². The molecule has 0 spiro atoms. The molecule has 0 bridgehead atoms. The van der Waals surface area contributed by atoms with Crippen LogP contribution >= 0.6 is 0 Å². The van der Waals surface area contributed by atoms with Gasteiger partial charge in [0.15, 0.2) is 6.29 Å². The largest absolute Gasteiger partial charge is 0.466 e. The number of rotatable bonds is 68. The van der Waals surface area contributed by atoms with Crippen molar-refractivity contribution in [2.75, 3.05) is 19.8 Å². The zero-order valence-corrected chi connectivity index (χ0v) is 58.6. The van der Waals surface area contributed by atoms with E-state index in [1.807, 2.05) is 6.08 Å². The van der Waals surface area contributed by atoms with Crippen LogP contribution < -0.4 is 5.32 Å². The van der Waals surface area contributed by atoms with Gasteiger partial charge in [-0.15, -0.1) is 0 Å². The van der Waals surface area contributed by atoms with E-state index >= 15 is 0 Å². The van der Waals surface area contributed by atoms with Crippen LogP contribution in [0.4, 0.5) is 0 Å². The van der Waals surface area contributed by atoms with Crippen molar-refractivity contribution >= 4 is 11.9 Å². The fourth-order valence-corrected chi connectivity index (χ4v) is 12.0. The minimum absolute atomic E-state index is 0.0121. The summed E-state index contributed by atoms with van der Waals surface area (Å²) in [6.45, 7) is 4.34. The van der Waals surface area contributed by atoms with Gasteiger partial charge in [-0.2, -0.15) is 0 Å². The third-order valence-electron chi connectivity index (χ3n) is 18.1. The van der Waals surface area contributed by atoms with Crippen molar-refractivity contribution in [3.05, 3.63) is 60.8 Å². The SMILES string of the molecule is CCCCCC/C=C/CC/C=C/CC/C=C/C(O)C(COC1OC(CO)C(O)C(O)C1O)NC(=O)CCCCCCCCCCCCCCCCCCC/C=C\C/C=C\CCCCCCCCCCCCCCCOC(=O)CCCCCCCCCCCCC. The standard InChI is InChI=1S/C79H145NO10/c1-3-5-7-9-11-13-15-16-42-46-49-53-57-61-65-72(82)71(70-89-79-78(87)77(86)76(85)73(69-81)90-79)80-74(83)66-62-58-54-50-47-43-40-38-36-34-32-30-28-26-24-22-20-18-17-19-21-23-25-27-29-31-33-35-37-39-41-44-48-52-56-60-64-68-88-75(84)67-63-59-55-51-45-14-12-10-8-6-4-2/h13,15,17,19,23,25,46,49,61,65,71-73,76-79,81-82,85-87H,3-12,14,16,18,20-22,24,26-45,47-48,50-60,62-64,66-70H2,1-2H3,(H,80,83)/b15-13+,19-17-,25-23-,49-46+,65-61+. The van der Waals surface area contributed by atoms with E-state index in [9.17, 15) is 35.1 Å². The normalized spacial score (nSPS) is 18.0. The first-order valence-electron chi connectivity index (χ1n) is 38.6. The van der Waals surface area contributed by atoms with Crippen LogP contribution in [0.15, 0.2) is 60.8 Å². The van der Waals surface area contributed by atoms with Crippen molar-refractivity contribution in [1.29, 1.82) is 0 Å². The number of amides is 1. The Bertz CT molecular complexity index is 1680. The van der Waals surface area contributed by atoms with Crippen LogP contribution in [0.2, 0.25) is 0 Å². The Hall–Kier alpha value is -2.64. The molecule has 11 heteroatoms. The highest BCUT2D eigenvalue weighted by molar-refractivity contribution is 5.76. The van der Waals surface area contributed by atoms with Gasteiger partial charge < -0.3 is 45.1 Å². The summed E-state index contributed by atoms with van der Waals surface area (Å²) in [5, 5.41) is 54.5.